The molecule has 0 aliphatic carbocycles. The van der Waals surface area contributed by atoms with Gasteiger partial charge in [-0.05, 0) is 6.92 Å². The highest BCUT2D eigenvalue weighted by atomic mass is 16.5. The maximum atomic E-state index is 11.6. The van der Waals surface area contributed by atoms with Crippen LogP contribution in [0.3, 0.4) is 0 Å². The van der Waals surface area contributed by atoms with Crippen LogP contribution in [0, 0.1) is 6.92 Å². The Morgan fingerprint density at radius 2 is 2.31 bits per heavy atom. The van der Waals surface area contributed by atoms with Crippen molar-refractivity contribution >= 4 is 5.91 Å². The van der Waals surface area contributed by atoms with Gasteiger partial charge >= 0.3 is 0 Å². The number of amides is 1. The lowest BCUT2D eigenvalue weighted by molar-refractivity contribution is -0.120. The zero-order valence-electron chi connectivity index (χ0n) is 9.61. The SMILES string of the molecule is CNC(=O)CCn1c(OC)nc(C)cc1=O. The summed E-state index contributed by atoms with van der Waals surface area (Å²) in [5.41, 5.74) is 0.381. The molecule has 1 amide bonds. The van der Waals surface area contributed by atoms with E-state index in [1.807, 2.05) is 0 Å². The predicted octanol–water partition coefficient (Wildman–Crippen LogP) is -0.304. The summed E-state index contributed by atoms with van der Waals surface area (Å²) < 4.78 is 6.33. The monoisotopic (exact) mass is 225 g/mol. The van der Waals surface area contributed by atoms with Crippen molar-refractivity contribution < 1.29 is 9.53 Å². The Balaban J connectivity index is 2.94. The van der Waals surface area contributed by atoms with E-state index in [2.05, 4.69) is 10.3 Å². The van der Waals surface area contributed by atoms with Gasteiger partial charge in [0.05, 0.1) is 7.11 Å². The summed E-state index contributed by atoms with van der Waals surface area (Å²) in [5.74, 6) is -0.130. The average Bonchev–Trinajstić information content (AvgIpc) is 2.26. The molecule has 1 aromatic rings. The van der Waals surface area contributed by atoms with Gasteiger partial charge in [-0.25, -0.2) is 4.98 Å². The van der Waals surface area contributed by atoms with E-state index in [-0.39, 0.29) is 30.4 Å². The van der Waals surface area contributed by atoms with E-state index >= 15 is 0 Å². The third-order valence-corrected chi connectivity index (χ3v) is 2.13. The molecular weight excluding hydrogens is 210 g/mol. The minimum Gasteiger partial charge on any atom is -0.468 e. The van der Waals surface area contributed by atoms with Crippen molar-refractivity contribution in [2.45, 2.75) is 19.9 Å². The first-order chi connectivity index (χ1) is 7.58. The van der Waals surface area contributed by atoms with E-state index in [1.165, 1.54) is 17.7 Å². The molecule has 0 saturated heterocycles. The molecule has 0 aliphatic rings. The van der Waals surface area contributed by atoms with Gasteiger partial charge in [0.15, 0.2) is 0 Å². The standard InChI is InChI=1S/C10H15N3O3/c1-7-6-9(15)13(10(12-7)16-3)5-4-8(14)11-2/h6H,4-5H2,1-3H3,(H,11,14). The van der Waals surface area contributed by atoms with Gasteiger partial charge in [-0.3, -0.25) is 14.2 Å². The fourth-order valence-electron chi connectivity index (χ4n) is 1.29. The molecular formula is C10H15N3O3. The van der Waals surface area contributed by atoms with Gasteiger partial charge in [0.2, 0.25) is 5.91 Å². The normalized spacial score (nSPS) is 9.94. The molecule has 0 fully saturated rings. The molecule has 0 bridgehead atoms. The van der Waals surface area contributed by atoms with Gasteiger partial charge in [-0.2, -0.15) is 0 Å². The van der Waals surface area contributed by atoms with E-state index in [9.17, 15) is 9.59 Å². The van der Waals surface area contributed by atoms with Crippen molar-refractivity contribution in [3.8, 4) is 6.01 Å². The lowest BCUT2D eigenvalue weighted by atomic mass is 10.4. The zero-order chi connectivity index (χ0) is 12.1. The van der Waals surface area contributed by atoms with Crippen molar-refractivity contribution in [3.63, 3.8) is 0 Å². The first kappa shape index (κ1) is 12.2. The number of carbonyl (C=O) groups excluding carboxylic acids is 1. The second kappa shape index (κ2) is 5.29. The van der Waals surface area contributed by atoms with Gasteiger partial charge < -0.3 is 10.1 Å². The molecule has 0 unspecified atom stereocenters. The van der Waals surface area contributed by atoms with Crippen LogP contribution in [0.4, 0.5) is 0 Å². The maximum absolute atomic E-state index is 11.6. The largest absolute Gasteiger partial charge is 0.468 e. The van der Waals surface area contributed by atoms with Crippen LogP contribution < -0.4 is 15.6 Å². The molecule has 88 valence electrons. The summed E-state index contributed by atoms with van der Waals surface area (Å²) in [5, 5.41) is 2.49. The molecule has 1 heterocycles. The van der Waals surface area contributed by atoms with E-state index in [0.29, 0.717) is 5.69 Å². The Bertz CT molecular complexity index is 439. The lowest BCUT2D eigenvalue weighted by Crippen LogP contribution is -2.26. The third-order valence-electron chi connectivity index (χ3n) is 2.13. The topological polar surface area (TPSA) is 73.2 Å². The first-order valence-electron chi connectivity index (χ1n) is 4.91. The molecule has 0 atom stereocenters. The van der Waals surface area contributed by atoms with Crippen LogP contribution >= 0.6 is 0 Å². The van der Waals surface area contributed by atoms with Crippen LogP contribution in [0.1, 0.15) is 12.1 Å². The molecule has 1 aromatic heterocycles. The Morgan fingerprint density at radius 3 is 2.88 bits per heavy atom. The second-order valence-corrected chi connectivity index (χ2v) is 3.30. The number of nitrogens with zero attached hydrogens (tertiary/aromatic N) is 2. The minimum atomic E-state index is -0.215. The third kappa shape index (κ3) is 2.82. The number of ether oxygens (including phenoxy) is 1. The Kier molecular flexibility index (Phi) is 4.04. The van der Waals surface area contributed by atoms with Crippen molar-refractivity contribution in [2.24, 2.45) is 0 Å². The number of carbonyl (C=O) groups is 1. The summed E-state index contributed by atoms with van der Waals surface area (Å²) >= 11 is 0. The number of aromatic nitrogens is 2. The highest BCUT2D eigenvalue weighted by Crippen LogP contribution is 2.04. The molecule has 0 aromatic carbocycles. The fourth-order valence-corrected chi connectivity index (χ4v) is 1.29. The highest BCUT2D eigenvalue weighted by molar-refractivity contribution is 5.75. The Hall–Kier alpha value is -1.85. The summed E-state index contributed by atoms with van der Waals surface area (Å²) in [6.45, 7) is 1.97. The van der Waals surface area contributed by atoms with Crippen LogP contribution in [0.2, 0.25) is 0 Å². The van der Waals surface area contributed by atoms with Crippen LogP contribution in [0.25, 0.3) is 0 Å². The molecule has 1 rings (SSSR count). The van der Waals surface area contributed by atoms with E-state index in [4.69, 9.17) is 4.74 Å². The van der Waals surface area contributed by atoms with Gasteiger partial charge in [-0.1, -0.05) is 0 Å². The molecule has 0 saturated carbocycles. The van der Waals surface area contributed by atoms with Crippen molar-refractivity contribution in [3.05, 3.63) is 22.1 Å². The summed E-state index contributed by atoms with van der Waals surface area (Å²) in [4.78, 5) is 26.8. The van der Waals surface area contributed by atoms with Gasteiger partial charge in [0.25, 0.3) is 11.6 Å². The minimum absolute atomic E-state index is 0.130. The van der Waals surface area contributed by atoms with Gasteiger partial charge in [0.1, 0.15) is 0 Å². The number of aryl methyl sites for hydroxylation is 1. The van der Waals surface area contributed by atoms with E-state index < -0.39 is 0 Å². The molecule has 6 heteroatoms. The molecule has 0 spiro atoms. The zero-order valence-corrected chi connectivity index (χ0v) is 9.61. The number of hydrogen-bond acceptors (Lipinski definition) is 4. The van der Waals surface area contributed by atoms with Crippen LogP contribution in [0.15, 0.2) is 10.9 Å². The average molecular weight is 225 g/mol. The fraction of sp³-hybridized carbons (Fsp3) is 0.500. The molecule has 16 heavy (non-hydrogen) atoms. The van der Waals surface area contributed by atoms with Crippen LogP contribution in [-0.2, 0) is 11.3 Å². The highest BCUT2D eigenvalue weighted by Gasteiger charge is 2.08. The number of hydrogen-bond donors (Lipinski definition) is 1. The molecule has 0 radical (unpaired) electrons. The van der Waals surface area contributed by atoms with Crippen LogP contribution in [0.5, 0.6) is 6.01 Å². The second-order valence-electron chi connectivity index (χ2n) is 3.30. The van der Waals surface area contributed by atoms with Gasteiger partial charge in [0, 0.05) is 31.8 Å². The number of rotatable bonds is 4. The predicted molar refractivity (Wildman–Crippen MR) is 58.5 cm³/mol. The Labute approximate surface area is 93.3 Å². The van der Waals surface area contributed by atoms with Crippen molar-refractivity contribution in [2.75, 3.05) is 14.2 Å². The van der Waals surface area contributed by atoms with Gasteiger partial charge in [-0.15, -0.1) is 0 Å². The summed E-state index contributed by atoms with van der Waals surface area (Å²) in [7, 11) is 2.99. The maximum Gasteiger partial charge on any atom is 0.299 e. The van der Waals surface area contributed by atoms with Crippen LogP contribution in [-0.4, -0.2) is 29.6 Å². The quantitative estimate of drug-likeness (QED) is 0.763. The first-order valence-corrected chi connectivity index (χ1v) is 4.91. The van der Waals surface area contributed by atoms with Crippen molar-refractivity contribution in [1.29, 1.82) is 0 Å². The number of methoxy groups -OCH3 is 1. The number of nitrogens with one attached hydrogen (secondary N) is 1. The molecule has 6 nitrogen and oxygen atoms in total. The van der Waals surface area contributed by atoms with Crippen molar-refractivity contribution in [1.82, 2.24) is 14.9 Å². The molecule has 1 N–H and O–H groups in total. The summed E-state index contributed by atoms with van der Waals surface area (Å²) in [6.07, 6.45) is 0.220. The van der Waals surface area contributed by atoms with E-state index in [0.717, 1.165) is 0 Å². The molecule has 0 aliphatic heterocycles. The van der Waals surface area contributed by atoms with E-state index in [1.54, 1.807) is 14.0 Å². The lowest BCUT2D eigenvalue weighted by Gasteiger charge is -2.10. The smallest absolute Gasteiger partial charge is 0.299 e. The Morgan fingerprint density at radius 1 is 1.62 bits per heavy atom. The summed E-state index contributed by atoms with van der Waals surface area (Å²) in [6, 6.07) is 1.64.